The fraction of sp³-hybridized carbons (Fsp3) is 0.222. The highest BCUT2D eigenvalue weighted by molar-refractivity contribution is 7.92. The number of alkyl halides is 3. The number of hydrogen-bond acceptors (Lipinski definition) is 6. The largest absolute Gasteiger partial charge is 0.501 e. The topological polar surface area (TPSA) is 120 Å². The first-order valence-electron chi connectivity index (χ1n) is 8.53. The van der Waals surface area contributed by atoms with Gasteiger partial charge in [0.25, 0.3) is 9.84 Å². The van der Waals surface area contributed by atoms with Gasteiger partial charge < -0.3 is 10.8 Å². The van der Waals surface area contributed by atoms with E-state index in [4.69, 9.17) is 5.73 Å². The number of aromatic nitrogens is 3. The van der Waals surface area contributed by atoms with Crippen molar-refractivity contribution in [2.24, 2.45) is 5.73 Å². The van der Waals surface area contributed by atoms with Crippen LogP contribution in [0.4, 0.5) is 13.2 Å². The molecule has 0 bridgehead atoms. The smallest absolute Gasteiger partial charge is 0.493 e. The van der Waals surface area contributed by atoms with Crippen molar-refractivity contribution in [3.63, 3.8) is 0 Å². The molecule has 0 aliphatic heterocycles. The Hall–Kier alpha value is -3.12. The third kappa shape index (κ3) is 3.59. The van der Waals surface area contributed by atoms with Gasteiger partial charge in [-0.15, -0.1) is 0 Å². The van der Waals surface area contributed by atoms with Crippen molar-refractivity contribution in [2.45, 2.75) is 30.4 Å². The van der Waals surface area contributed by atoms with Crippen molar-refractivity contribution in [3.8, 4) is 11.6 Å². The minimum absolute atomic E-state index is 0.00857. The summed E-state index contributed by atoms with van der Waals surface area (Å²) >= 11 is 0. The van der Waals surface area contributed by atoms with Crippen molar-refractivity contribution >= 4 is 9.84 Å². The number of nitrogens with zero attached hydrogens (tertiary/aromatic N) is 3. The van der Waals surface area contributed by atoms with E-state index in [0.717, 1.165) is 28.8 Å². The molecule has 1 aromatic carbocycles. The molecule has 3 aromatic rings. The van der Waals surface area contributed by atoms with Gasteiger partial charge in [-0.25, -0.2) is 17.8 Å². The maximum Gasteiger partial charge on any atom is 0.501 e. The van der Waals surface area contributed by atoms with E-state index >= 15 is 0 Å². The Labute approximate surface area is 168 Å². The molecule has 12 heteroatoms. The van der Waals surface area contributed by atoms with Gasteiger partial charge in [0.2, 0.25) is 5.88 Å². The predicted molar refractivity (Wildman–Crippen MR) is 101 cm³/mol. The molecule has 0 aliphatic rings. The molecule has 2 aromatic heterocycles. The maximum atomic E-state index is 12.9. The summed E-state index contributed by atoms with van der Waals surface area (Å²) in [5.74, 6) is -0.421. The highest BCUT2D eigenvalue weighted by atomic mass is 32.2. The van der Waals surface area contributed by atoms with Gasteiger partial charge in [-0.1, -0.05) is 0 Å². The normalized spacial score (nSPS) is 12.3. The zero-order chi connectivity index (χ0) is 22.3. The average Bonchev–Trinajstić information content (AvgIpc) is 2.91. The molecular formula is C18H17F3N4O4S. The average molecular weight is 442 g/mol. The van der Waals surface area contributed by atoms with Crippen LogP contribution in [0.3, 0.4) is 0 Å². The number of halogens is 3. The summed E-state index contributed by atoms with van der Waals surface area (Å²) in [4.78, 5) is 15.9. The highest BCUT2D eigenvalue weighted by Crippen LogP contribution is 2.31. The molecule has 0 radical (unpaired) electrons. The fourth-order valence-electron chi connectivity index (χ4n) is 2.93. The molecule has 0 saturated carbocycles. The van der Waals surface area contributed by atoms with Crippen LogP contribution in [0.1, 0.15) is 16.8 Å². The molecule has 0 fully saturated rings. The van der Waals surface area contributed by atoms with E-state index < -0.39 is 31.8 Å². The number of imidazole rings is 1. The monoisotopic (exact) mass is 442 g/mol. The van der Waals surface area contributed by atoms with E-state index in [0.29, 0.717) is 11.1 Å². The van der Waals surface area contributed by atoms with Crippen molar-refractivity contribution < 1.29 is 26.7 Å². The van der Waals surface area contributed by atoms with Crippen molar-refractivity contribution in [1.82, 2.24) is 14.1 Å². The second-order valence-electron chi connectivity index (χ2n) is 6.40. The first-order valence-corrected chi connectivity index (χ1v) is 10.0. The molecule has 0 atom stereocenters. The van der Waals surface area contributed by atoms with Crippen LogP contribution in [0.5, 0.6) is 5.88 Å². The number of nitrogens with two attached hydrogens (primary N) is 1. The molecule has 3 rings (SSSR count). The van der Waals surface area contributed by atoms with Crippen LogP contribution in [0.2, 0.25) is 0 Å². The van der Waals surface area contributed by atoms with E-state index in [1.54, 1.807) is 12.3 Å². The summed E-state index contributed by atoms with van der Waals surface area (Å²) in [6.45, 7) is 1.78. The van der Waals surface area contributed by atoms with Crippen LogP contribution in [0.25, 0.3) is 5.69 Å². The number of aromatic hydroxyl groups is 1. The van der Waals surface area contributed by atoms with Crippen LogP contribution in [-0.4, -0.2) is 33.2 Å². The minimum Gasteiger partial charge on any atom is -0.493 e. The molecule has 160 valence electrons. The van der Waals surface area contributed by atoms with Gasteiger partial charge in [0.1, 0.15) is 0 Å². The molecule has 3 N–H and O–H groups in total. The zero-order valence-electron chi connectivity index (χ0n) is 15.6. The molecule has 0 amide bonds. The predicted octanol–water partition coefficient (Wildman–Crippen LogP) is 1.85. The molecule has 30 heavy (non-hydrogen) atoms. The Bertz CT molecular complexity index is 1250. The van der Waals surface area contributed by atoms with Gasteiger partial charge in [-0.05, 0) is 48.4 Å². The molecule has 0 unspecified atom stereocenters. The third-order valence-corrected chi connectivity index (χ3v) is 6.13. The number of rotatable bonds is 5. The molecular weight excluding hydrogens is 425 g/mol. The molecule has 8 nitrogen and oxygen atoms in total. The lowest BCUT2D eigenvalue weighted by Gasteiger charge is -2.09. The number of pyridine rings is 1. The van der Waals surface area contributed by atoms with E-state index in [1.165, 1.54) is 17.7 Å². The first kappa shape index (κ1) is 21.6. The second-order valence-corrected chi connectivity index (χ2v) is 8.35. The Kier molecular flexibility index (Phi) is 5.48. The summed E-state index contributed by atoms with van der Waals surface area (Å²) < 4.78 is 63.2. The van der Waals surface area contributed by atoms with Crippen LogP contribution in [0, 0.1) is 6.92 Å². The number of benzene rings is 1. The van der Waals surface area contributed by atoms with Gasteiger partial charge >= 0.3 is 11.2 Å². The van der Waals surface area contributed by atoms with Crippen molar-refractivity contribution in [1.29, 1.82) is 0 Å². The summed E-state index contributed by atoms with van der Waals surface area (Å²) in [7, 11) is -5.52. The molecule has 2 heterocycles. The fourth-order valence-corrected chi connectivity index (χ4v) is 3.69. The summed E-state index contributed by atoms with van der Waals surface area (Å²) in [5, 5.41) is 10.4. The summed E-state index contributed by atoms with van der Waals surface area (Å²) in [6, 6.07) is 5.17. The lowest BCUT2D eigenvalue weighted by molar-refractivity contribution is -0.0436. The molecule has 0 saturated heterocycles. The minimum atomic E-state index is -5.52. The summed E-state index contributed by atoms with van der Waals surface area (Å²) in [5.41, 5.74) is 1.21. The van der Waals surface area contributed by atoms with Gasteiger partial charge in [0.15, 0.2) is 0 Å². The number of hydrogen-bond donors (Lipinski definition) is 2. The Morgan fingerprint density at radius 1 is 1.13 bits per heavy atom. The van der Waals surface area contributed by atoms with Crippen LogP contribution < -0.4 is 11.4 Å². The molecule has 0 spiro atoms. The third-order valence-electron chi connectivity index (χ3n) is 4.63. The highest BCUT2D eigenvalue weighted by Gasteiger charge is 2.46. The van der Waals surface area contributed by atoms with Crippen LogP contribution in [-0.2, 0) is 22.9 Å². The van der Waals surface area contributed by atoms with Crippen LogP contribution in [0.15, 0.2) is 52.4 Å². The zero-order valence-corrected chi connectivity index (χ0v) is 16.4. The Balaban J connectivity index is 2.05. The second kappa shape index (κ2) is 7.61. The quantitative estimate of drug-likeness (QED) is 0.622. The standard InChI is InChI=1S/C18H17F3N4O4S/c1-11-16(26)25(14-2-4-15(5-3-14)30(28,29)18(19,20)21)17(27)24(11)10-12-6-7-23-9-13(12)8-22/h2-7,9,26H,8,10,22H2,1H3. The lowest BCUT2D eigenvalue weighted by Crippen LogP contribution is -2.25. The van der Waals surface area contributed by atoms with E-state index in [2.05, 4.69) is 4.98 Å². The first-order chi connectivity index (χ1) is 14.0. The van der Waals surface area contributed by atoms with E-state index in [-0.39, 0.29) is 24.5 Å². The maximum absolute atomic E-state index is 12.9. The van der Waals surface area contributed by atoms with E-state index in [9.17, 15) is 31.5 Å². The van der Waals surface area contributed by atoms with Crippen LogP contribution >= 0.6 is 0 Å². The van der Waals surface area contributed by atoms with Gasteiger partial charge in [-0.3, -0.25) is 9.55 Å². The Morgan fingerprint density at radius 2 is 1.77 bits per heavy atom. The van der Waals surface area contributed by atoms with Gasteiger partial charge in [0.05, 0.1) is 22.8 Å². The summed E-state index contributed by atoms with van der Waals surface area (Å²) in [6.07, 6.45) is 3.10. The lowest BCUT2D eigenvalue weighted by atomic mass is 10.1. The Morgan fingerprint density at radius 3 is 2.33 bits per heavy atom. The van der Waals surface area contributed by atoms with Gasteiger partial charge in [0, 0.05) is 18.9 Å². The van der Waals surface area contributed by atoms with Gasteiger partial charge in [-0.2, -0.15) is 13.2 Å². The SMILES string of the molecule is Cc1c(O)n(-c2ccc(S(=O)(=O)C(F)(F)F)cc2)c(=O)n1Cc1ccncc1CN. The van der Waals surface area contributed by atoms with Crippen molar-refractivity contribution in [3.05, 3.63) is 70.0 Å². The van der Waals surface area contributed by atoms with Crippen molar-refractivity contribution in [2.75, 3.05) is 0 Å². The van der Waals surface area contributed by atoms with E-state index in [1.807, 2.05) is 0 Å². The molecule has 0 aliphatic carbocycles. The number of sulfone groups is 1.